The maximum atomic E-state index is 13.3. The molecule has 1 aromatic heterocycles. The number of hydrogen-bond donors (Lipinski definition) is 2. The summed E-state index contributed by atoms with van der Waals surface area (Å²) < 4.78 is 28.0. The molecule has 0 aromatic carbocycles. The molecular weight excluding hydrogens is 296 g/mol. The number of alkyl halides is 2. The van der Waals surface area contributed by atoms with E-state index in [1.165, 1.54) is 10.9 Å². The van der Waals surface area contributed by atoms with E-state index in [-0.39, 0.29) is 12.8 Å². The maximum absolute atomic E-state index is 13.3. The van der Waals surface area contributed by atoms with Crippen molar-refractivity contribution < 1.29 is 23.5 Å². The van der Waals surface area contributed by atoms with Gasteiger partial charge in [-0.1, -0.05) is 0 Å². The van der Waals surface area contributed by atoms with Crippen LogP contribution in [0.2, 0.25) is 0 Å². The minimum absolute atomic E-state index is 0.295. The van der Waals surface area contributed by atoms with E-state index in [1.54, 1.807) is 26.1 Å². The smallest absolute Gasteiger partial charge is 0.329 e. The van der Waals surface area contributed by atoms with Crippen LogP contribution in [0.5, 0.6) is 0 Å². The van der Waals surface area contributed by atoms with Gasteiger partial charge in [-0.15, -0.1) is 0 Å². The van der Waals surface area contributed by atoms with Crippen molar-refractivity contribution in [3.63, 3.8) is 0 Å². The normalized spacial score (nSPS) is 20.4. The van der Waals surface area contributed by atoms with E-state index in [0.717, 1.165) is 0 Å². The summed E-state index contributed by atoms with van der Waals surface area (Å²) >= 11 is 0. The lowest BCUT2D eigenvalue weighted by molar-refractivity contribution is -0.155. The van der Waals surface area contributed by atoms with E-state index in [9.17, 15) is 23.5 Å². The first-order chi connectivity index (χ1) is 10.1. The third-order valence-corrected chi connectivity index (χ3v) is 4.23. The van der Waals surface area contributed by atoms with Crippen LogP contribution in [0.15, 0.2) is 18.5 Å². The first-order valence-electron chi connectivity index (χ1n) is 7.03. The number of hydrogen-bond acceptors (Lipinski definition) is 3. The van der Waals surface area contributed by atoms with Crippen molar-refractivity contribution in [2.75, 3.05) is 0 Å². The third kappa shape index (κ3) is 2.95. The minimum atomic E-state index is -2.87. The van der Waals surface area contributed by atoms with Crippen molar-refractivity contribution in [1.29, 1.82) is 0 Å². The van der Waals surface area contributed by atoms with Crippen molar-refractivity contribution in [3.05, 3.63) is 18.5 Å². The first-order valence-corrected chi connectivity index (χ1v) is 7.03. The second kappa shape index (κ2) is 5.33. The average Bonchev–Trinajstić information content (AvgIpc) is 2.95. The van der Waals surface area contributed by atoms with Crippen LogP contribution in [-0.4, -0.2) is 38.2 Å². The Morgan fingerprint density at radius 1 is 1.27 bits per heavy atom. The Bertz CT molecular complexity index is 560. The highest BCUT2D eigenvalue weighted by Gasteiger charge is 2.50. The molecule has 1 aliphatic carbocycles. The quantitative estimate of drug-likeness (QED) is 0.887. The van der Waals surface area contributed by atoms with Crippen LogP contribution < -0.4 is 5.32 Å². The van der Waals surface area contributed by atoms with Gasteiger partial charge < -0.3 is 10.4 Å². The van der Waals surface area contributed by atoms with Crippen LogP contribution in [-0.2, 0) is 15.1 Å². The number of aromatic nitrogens is 2. The van der Waals surface area contributed by atoms with Gasteiger partial charge in [0.05, 0.1) is 0 Å². The molecule has 2 rings (SSSR count). The molecule has 22 heavy (non-hydrogen) atoms. The monoisotopic (exact) mass is 315 g/mol. The van der Waals surface area contributed by atoms with Gasteiger partial charge in [0.15, 0.2) is 0 Å². The lowest BCUT2D eigenvalue weighted by Gasteiger charge is -2.39. The van der Waals surface area contributed by atoms with Gasteiger partial charge in [0, 0.05) is 25.2 Å². The summed E-state index contributed by atoms with van der Waals surface area (Å²) in [5.74, 6) is -4.72. The highest BCUT2D eigenvalue weighted by atomic mass is 19.3. The van der Waals surface area contributed by atoms with Gasteiger partial charge >= 0.3 is 5.97 Å². The fourth-order valence-electron chi connectivity index (χ4n) is 2.51. The third-order valence-electron chi connectivity index (χ3n) is 4.23. The van der Waals surface area contributed by atoms with Crippen LogP contribution in [0.4, 0.5) is 8.78 Å². The van der Waals surface area contributed by atoms with E-state index in [2.05, 4.69) is 10.4 Å². The van der Waals surface area contributed by atoms with Gasteiger partial charge in [0.2, 0.25) is 11.8 Å². The minimum Gasteiger partial charge on any atom is -0.480 e. The topological polar surface area (TPSA) is 84.2 Å². The number of nitrogens with one attached hydrogen (secondary N) is 1. The molecule has 0 aliphatic heterocycles. The lowest BCUT2D eigenvalue weighted by atomic mass is 9.79. The number of carbonyl (C=O) groups excluding carboxylic acids is 1. The van der Waals surface area contributed by atoms with Gasteiger partial charge in [-0.25, -0.2) is 13.6 Å². The predicted molar refractivity (Wildman–Crippen MR) is 73.5 cm³/mol. The molecule has 1 aromatic rings. The van der Waals surface area contributed by atoms with Crippen molar-refractivity contribution in [1.82, 2.24) is 15.1 Å². The number of carbonyl (C=O) groups is 2. The Hall–Kier alpha value is -1.99. The molecule has 1 fully saturated rings. The second-order valence-electron chi connectivity index (χ2n) is 6.21. The zero-order chi connectivity index (χ0) is 16.6. The Balaban J connectivity index is 2.19. The number of aliphatic carboxylic acids is 1. The van der Waals surface area contributed by atoms with Gasteiger partial charge in [-0.05, 0) is 32.8 Å². The van der Waals surface area contributed by atoms with Gasteiger partial charge in [0.1, 0.15) is 11.1 Å². The Kier molecular flexibility index (Phi) is 3.97. The molecule has 2 N–H and O–H groups in total. The fourth-order valence-corrected chi connectivity index (χ4v) is 2.51. The highest BCUT2D eigenvalue weighted by Crippen LogP contribution is 2.39. The molecule has 1 heterocycles. The van der Waals surface area contributed by atoms with Crippen molar-refractivity contribution in [2.45, 2.75) is 56.5 Å². The molecule has 0 saturated heterocycles. The molecule has 0 bridgehead atoms. The number of nitrogens with zero attached hydrogens (tertiary/aromatic N) is 2. The average molecular weight is 315 g/mol. The summed E-state index contributed by atoms with van der Waals surface area (Å²) in [4.78, 5) is 24.0. The number of carboxylic acid groups (broad SMARTS) is 1. The van der Waals surface area contributed by atoms with Crippen LogP contribution >= 0.6 is 0 Å². The Labute approximate surface area is 126 Å². The molecule has 1 amide bonds. The summed E-state index contributed by atoms with van der Waals surface area (Å²) in [5.41, 5.74) is -2.77. The van der Waals surface area contributed by atoms with E-state index < -0.39 is 41.7 Å². The fraction of sp³-hybridized carbons (Fsp3) is 0.643. The molecule has 122 valence electrons. The summed E-state index contributed by atoms with van der Waals surface area (Å²) in [6, 6.07) is 1.64. The highest BCUT2D eigenvalue weighted by molar-refractivity contribution is 5.90. The predicted octanol–water partition coefficient (Wildman–Crippen LogP) is 1.77. The number of carboxylic acids is 1. The molecule has 8 heteroatoms. The van der Waals surface area contributed by atoms with Crippen molar-refractivity contribution in [2.24, 2.45) is 0 Å². The standard InChI is InChI=1S/C14H19F2N3O3/c1-12(2,19-9-3-8-17-19)10(20)18-13(11(21)22)4-6-14(15,16)7-5-13/h3,8-9H,4-7H2,1-2H3,(H,18,20)(H,21,22). The molecular formula is C14H19F2N3O3. The zero-order valence-electron chi connectivity index (χ0n) is 12.5. The van der Waals surface area contributed by atoms with E-state index >= 15 is 0 Å². The van der Waals surface area contributed by atoms with Gasteiger partial charge in [-0.2, -0.15) is 5.10 Å². The first kappa shape index (κ1) is 16.4. The second-order valence-corrected chi connectivity index (χ2v) is 6.21. The summed E-state index contributed by atoms with van der Waals surface area (Å²) in [6.45, 7) is 3.17. The Morgan fingerprint density at radius 3 is 2.32 bits per heavy atom. The van der Waals surface area contributed by atoms with E-state index in [4.69, 9.17) is 0 Å². The molecule has 6 nitrogen and oxygen atoms in total. The van der Waals surface area contributed by atoms with E-state index in [0.29, 0.717) is 0 Å². The summed E-state index contributed by atoms with van der Waals surface area (Å²) in [7, 11) is 0. The van der Waals surface area contributed by atoms with Crippen LogP contribution in [0.25, 0.3) is 0 Å². The summed E-state index contributed by atoms with van der Waals surface area (Å²) in [5, 5.41) is 15.9. The molecule has 0 spiro atoms. The van der Waals surface area contributed by atoms with Gasteiger partial charge in [-0.3, -0.25) is 9.48 Å². The molecule has 1 saturated carbocycles. The van der Waals surface area contributed by atoms with E-state index in [1.807, 2.05) is 0 Å². The molecule has 0 radical (unpaired) electrons. The number of halogens is 2. The Morgan fingerprint density at radius 2 is 1.86 bits per heavy atom. The van der Waals surface area contributed by atoms with Crippen LogP contribution in [0.1, 0.15) is 39.5 Å². The summed E-state index contributed by atoms with van der Waals surface area (Å²) in [6.07, 6.45) is 1.39. The van der Waals surface area contributed by atoms with Crippen molar-refractivity contribution in [3.8, 4) is 0 Å². The lowest BCUT2D eigenvalue weighted by Crippen LogP contribution is -2.61. The number of amides is 1. The maximum Gasteiger partial charge on any atom is 0.329 e. The van der Waals surface area contributed by atoms with Crippen molar-refractivity contribution >= 4 is 11.9 Å². The van der Waals surface area contributed by atoms with Gasteiger partial charge in [0.25, 0.3) is 0 Å². The van der Waals surface area contributed by atoms with Crippen LogP contribution in [0.3, 0.4) is 0 Å². The molecule has 1 aliphatic rings. The SMILES string of the molecule is CC(C)(C(=O)NC1(C(=O)O)CCC(F)(F)CC1)n1cccn1. The zero-order valence-corrected chi connectivity index (χ0v) is 12.5. The van der Waals surface area contributed by atoms with Crippen LogP contribution in [0, 0.1) is 0 Å². The molecule has 0 atom stereocenters. The largest absolute Gasteiger partial charge is 0.480 e. The molecule has 0 unspecified atom stereocenters. The number of rotatable bonds is 4.